The van der Waals surface area contributed by atoms with E-state index in [9.17, 15) is 14.4 Å². The number of nitrogens with one attached hydrogen (secondary N) is 1. The molecule has 1 aliphatic heterocycles. The molecule has 8 heteroatoms. The number of hydrogen-bond acceptors (Lipinski definition) is 5. The van der Waals surface area contributed by atoms with Crippen molar-refractivity contribution < 1.29 is 9.59 Å². The summed E-state index contributed by atoms with van der Waals surface area (Å²) in [5, 5.41) is 6.83. The van der Waals surface area contributed by atoms with Gasteiger partial charge in [-0.2, -0.15) is 14.8 Å². The van der Waals surface area contributed by atoms with Crippen LogP contribution in [0.25, 0.3) is 0 Å². The van der Waals surface area contributed by atoms with Crippen LogP contribution in [-0.4, -0.2) is 26.7 Å². The molecule has 2 rings (SSSR count). The SMILES string of the molecule is Cc1n[nH]c(=S)n(N2C(=O)CCC2=O)c1=O. The van der Waals surface area contributed by atoms with E-state index in [0.717, 1.165) is 9.69 Å². The Morgan fingerprint density at radius 1 is 1.25 bits per heavy atom. The number of nitrogens with zero attached hydrogens (tertiary/aromatic N) is 3. The minimum atomic E-state index is -0.563. The average Bonchev–Trinajstić information content (AvgIpc) is 2.56. The fraction of sp³-hybridized carbons (Fsp3) is 0.375. The smallest absolute Gasteiger partial charge is 0.272 e. The van der Waals surface area contributed by atoms with Gasteiger partial charge in [0.1, 0.15) is 5.69 Å². The monoisotopic (exact) mass is 240 g/mol. The van der Waals surface area contributed by atoms with Crippen molar-refractivity contribution in [3.8, 4) is 0 Å². The van der Waals surface area contributed by atoms with E-state index in [4.69, 9.17) is 12.2 Å². The number of carbonyl (C=O) groups excluding carboxylic acids is 2. The molecule has 0 radical (unpaired) electrons. The third-order valence-electron chi connectivity index (χ3n) is 2.24. The number of aromatic amines is 1. The van der Waals surface area contributed by atoms with Crippen LogP contribution in [0.2, 0.25) is 0 Å². The summed E-state index contributed by atoms with van der Waals surface area (Å²) >= 11 is 4.84. The molecule has 1 aromatic heterocycles. The Morgan fingerprint density at radius 3 is 2.38 bits per heavy atom. The van der Waals surface area contributed by atoms with Gasteiger partial charge in [-0.3, -0.25) is 19.5 Å². The third kappa shape index (κ3) is 1.47. The van der Waals surface area contributed by atoms with Crippen molar-refractivity contribution in [3.63, 3.8) is 0 Å². The van der Waals surface area contributed by atoms with Crippen LogP contribution >= 0.6 is 12.2 Å². The Bertz CT molecular complexity index is 572. The van der Waals surface area contributed by atoms with Gasteiger partial charge in [0.05, 0.1) is 0 Å². The molecular weight excluding hydrogens is 232 g/mol. The molecule has 0 aromatic carbocycles. The van der Waals surface area contributed by atoms with Crippen molar-refractivity contribution in [2.45, 2.75) is 19.8 Å². The van der Waals surface area contributed by atoms with Gasteiger partial charge in [-0.25, -0.2) is 0 Å². The second-order valence-electron chi connectivity index (χ2n) is 3.33. The van der Waals surface area contributed by atoms with Gasteiger partial charge in [-0.05, 0) is 19.1 Å². The topological polar surface area (TPSA) is 88.1 Å². The number of imide groups is 1. The maximum absolute atomic E-state index is 11.7. The Hall–Kier alpha value is -1.83. The Kier molecular flexibility index (Phi) is 2.43. The number of aryl methyl sites for hydroxylation is 1. The third-order valence-corrected chi connectivity index (χ3v) is 2.50. The van der Waals surface area contributed by atoms with Crippen LogP contribution in [0.1, 0.15) is 18.5 Å². The van der Waals surface area contributed by atoms with E-state index in [0.29, 0.717) is 0 Å². The van der Waals surface area contributed by atoms with Crippen LogP contribution in [0.5, 0.6) is 0 Å². The zero-order valence-corrected chi connectivity index (χ0v) is 9.21. The molecule has 0 saturated carbocycles. The van der Waals surface area contributed by atoms with Gasteiger partial charge in [0.2, 0.25) is 16.6 Å². The summed E-state index contributed by atoms with van der Waals surface area (Å²) in [4.78, 5) is 34.7. The van der Waals surface area contributed by atoms with Crippen molar-refractivity contribution >= 4 is 24.0 Å². The summed E-state index contributed by atoms with van der Waals surface area (Å²) in [5.74, 6) is -0.866. The first-order chi connectivity index (χ1) is 7.52. The maximum atomic E-state index is 11.7. The first kappa shape index (κ1) is 10.7. The van der Waals surface area contributed by atoms with E-state index < -0.39 is 17.4 Å². The number of hydrogen-bond donors (Lipinski definition) is 1. The lowest BCUT2D eigenvalue weighted by molar-refractivity contribution is -0.123. The van der Waals surface area contributed by atoms with E-state index in [1.54, 1.807) is 0 Å². The van der Waals surface area contributed by atoms with E-state index in [2.05, 4.69) is 10.2 Å². The summed E-state index contributed by atoms with van der Waals surface area (Å²) < 4.78 is 0.786. The lowest BCUT2D eigenvalue weighted by Gasteiger charge is -2.15. The summed E-state index contributed by atoms with van der Waals surface area (Å²) in [6.07, 6.45) is 0.197. The van der Waals surface area contributed by atoms with Gasteiger partial charge in [0.15, 0.2) is 0 Å². The maximum Gasteiger partial charge on any atom is 0.295 e. The van der Waals surface area contributed by atoms with Gasteiger partial charge in [0, 0.05) is 12.8 Å². The largest absolute Gasteiger partial charge is 0.295 e. The highest BCUT2D eigenvalue weighted by atomic mass is 32.1. The molecule has 0 bridgehead atoms. The van der Waals surface area contributed by atoms with E-state index in [-0.39, 0.29) is 23.3 Å². The van der Waals surface area contributed by atoms with E-state index in [1.165, 1.54) is 6.92 Å². The molecular formula is C8H8N4O3S. The van der Waals surface area contributed by atoms with Crippen molar-refractivity contribution in [2.75, 3.05) is 5.01 Å². The zero-order valence-electron chi connectivity index (χ0n) is 8.39. The minimum absolute atomic E-state index is 0.0702. The molecule has 84 valence electrons. The van der Waals surface area contributed by atoms with Crippen molar-refractivity contribution in [3.05, 3.63) is 20.8 Å². The molecule has 0 atom stereocenters. The predicted octanol–water partition coefficient (Wildman–Crippen LogP) is -0.606. The van der Waals surface area contributed by atoms with Crippen LogP contribution in [0, 0.1) is 11.7 Å². The molecule has 0 spiro atoms. The molecule has 1 aliphatic rings. The van der Waals surface area contributed by atoms with Gasteiger partial charge in [-0.1, -0.05) is 0 Å². The molecule has 1 saturated heterocycles. The highest BCUT2D eigenvalue weighted by molar-refractivity contribution is 7.71. The summed E-state index contributed by atoms with van der Waals surface area (Å²) in [5.41, 5.74) is -0.423. The quantitative estimate of drug-likeness (QED) is 0.523. The lowest BCUT2D eigenvalue weighted by Crippen LogP contribution is -2.47. The normalized spacial score (nSPS) is 15.9. The second-order valence-corrected chi connectivity index (χ2v) is 3.72. The van der Waals surface area contributed by atoms with Gasteiger partial charge < -0.3 is 0 Å². The summed E-state index contributed by atoms with van der Waals surface area (Å²) in [6.45, 7) is 1.47. The predicted molar refractivity (Wildman–Crippen MR) is 55.9 cm³/mol. The Balaban J connectivity index is 2.69. The molecule has 1 fully saturated rings. The number of amides is 2. The number of rotatable bonds is 1. The molecule has 7 nitrogen and oxygen atoms in total. The first-order valence-electron chi connectivity index (χ1n) is 4.57. The van der Waals surface area contributed by atoms with E-state index in [1.807, 2.05) is 0 Å². The fourth-order valence-corrected chi connectivity index (χ4v) is 1.65. The highest BCUT2D eigenvalue weighted by Crippen LogP contribution is 2.09. The number of carbonyl (C=O) groups is 2. The summed E-state index contributed by atoms with van der Waals surface area (Å²) in [7, 11) is 0. The van der Waals surface area contributed by atoms with Crippen LogP contribution < -0.4 is 10.6 Å². The molecule has 16 heavy (non-hydrogen) atoms. The standard InChI is InChI=1S/C8H8N4O3S/c1-4-7(15)12(8(16)10-9-4)11-5(13)2-3-6(11)14/h2-3H2,1H3,(H,10,16). The molecule has 1 N–H and O–H groups in total. The van der Waals surface area contributed by atoms with Crippen molar-refractivity contribution in [2.24, 2.45) is 0 Å². The Labute approximate surface area is 94.7 Å². The average molecular weight is 240 g/mol. The van der Waals surface area contributed by atoms with Gasteiger partial charge >= 0.3 is 0 Å². The van der Waals surface area contributed by atoms with Gasteiger partial charge in [0.25, 0.3) is 5.56 Å². The fourth-order valence-electron chi connectivity index (χ4n) is 1.44. The van der Waals surface area contributed by atoms with E-state index >= 15 is 0 Å². The van der Waals surface area contributed by atoms with Crippen LogP contribution in [0.4, 0.5) is 0 Å². The number of aromatic nitrogens is 3. The van der Waals surface area contributed by atoms with Crippen molar-refractivity contribution in [1.82, 2.24) is 14.9 Å². The lowest BCUT2D eigenvalue weighted by atomic mass is 10.4. The van der Waals surface area contributed by atoms with Crippen LogP contribution in [0.15, 0.2) is 4.79 Å². The minimum Gasteiger partial charge on any atom is -0.272 e. The van der Waals surface area contributed by atoms with Crippen LogP contribution in [0.3, 0.4) is 0 Å². The second kappa shape index (κ2) is 3.63. The van der Waals surface area contributed by atoms with Crippen LogP contribution in [-0.2, 0) is 9.59 Å². The highest BCUT2D eigenvalue weighted by Gasteiger charge is 2.32. The van der Waals surface area contributed by atoms with Gasteiger partial charge in [-0.15, -0.1) is 0 Å². The first-order valence-corrected chi connectivity index (χ1v) is 4.97. The molecule has 0 aliphatic carbocycles. The molecule has 1 aromatic rings. The molecule has 0 unspecified atom stereocenters. The zero-order chi connectivity index (χ0) is 11.9. The Morgan fingerprint density at radius 2 is 1.81 bits per heavy atom. The molecule has 2 heterocycles. The van der Waals surface area contributed by atoms with Crippen molar-refractivity contribution in [1.29, 1.82) is 0 Å². The summed E-state index contributed by atoms with van der Waals surface area (Å²) in [6, 6.07) is 0. The molecule has 2 amide bonds. The number of H-pyrrole nitrogens is 1.